The van der Waals surface area contributed by atoms with Crippen LogP contribution in [0.25, 0.3) is 0 Å². The van der Waals surface area contributed by atoms with Crippen molar-refractivity contribution in [3.8, 4) is 0 Å². The van der Waals surface area contributed by atoms with Gasteiger partial charge in [0.2, 0.25) is 0 Å². The van der Waals surface area contributed by atoms with E-state index in [-0.39, 0.29) is 18.8 Å². The third-order valence-electron chi connectivity index (χ3n) is 4.45. The number of benzene rings is 1. The van der Waals surface area contributed by atoms with Crippen molar-refractivity contribution in [1.82, 2.24) is 9.13 Å². The fourth-order valence-corrected chi connectivity index (χ4v) is 2.95. The van der Waals surface area contributed by atoms with E-state index in [1.807, 2.05) is 37.3 Å². The fraction of sp³-hybridized carbons (Fsp3) is 0.368. The molecule has 0 spiro atoms. The number of nitrogens with zero attached hydrogens (tertiary/aromatic N) is 2. The summed E-state index contributed by atoms with van der Waals surface area (Å²) in [5.74, 6) is 0.671. The Morgan fingerprint density at radius 2 is 2.04 bits per heavy atom. The molecule has 1 saturated heterocycles. The second-order valence-electron chi connectivity index (χ2n) is 6.41. The van der Waals surface area contributed by atoms with E-state index in [0.29, 0.717) is 25.3 Å². The average molecular weight is 358 g/mol. The number of hydrogen-bond donors (Lipinski definition) is 1. The van der Waals surface area contributed by atoms with Gasteiger partial charge in [0.25, 0.3) is 5.56 Å². The second kappa shape index (κ2) is 8.05. The van der Waals surface area contributed by atoms with E-state index < -0.39 is 11.2 Å². The molecule has 0 saturated carbocycles. The maximum absolute atomic E-state index is 12.6. The minimum Gasteiger partial charge on any atom is -0.512 e. The molecule has 0 amide bonds. The molecular weight excluding hydrogens is 336 g/mol. The van der Waals surface area contributed by atoms with E-state index in [9.17, 15) is 9.59 Å². The molecule has 0 bridgehead atoms. The molecule has 2 aromatic rings. The van der Waals surface area contributed by atoms with Crippen LogP contribution in [-0.4, -0.2) is 20.3 Å². The number of rotatable bonds is 6. The van der Waals surface area contributed by atoms with E-state index in [2.05, 4.69) is 0 Å². The predicted molar refractivity (Wildman–Crippen MR) is 95.6 cm³/mol. The summed E-state index contributed by atoms with van der Waals surface area (Å²) in [4.78, 5) is 24.6. The summed E-state index contributed by atoms with van der Waals surface area (Å²) in [5, 5.41) is 9.08. The summed E-state index contributed by atoms with van der Waals surface area (Å²) in [6.07, 6.45) is 2.81. The van der Waals surface area contributed by atoms with Crippen LogP contribution in [0.2, 0.25) is 0 Å². The normalized spacial score (nSPS) is 21.0. The van der Waals surface area contributed by atoms with Gasteiger partial charge >= 0.3 is 5.69 Å². The van der Waals surface area contributed by atoms with Gasteiger partial charge in [-0.05, 0) is 5.56 Å². The van der Waals surface area contributed by atoms with E-state index in [0.717, 1.165) is 16.4 Å². The molecule has 0 aliphatic carbocycles. The van der Waals surface area contributed by atoms with Gasteiger partial charge in [-0.25, -0.2) is 9.36 Å². The summed E-state index contributed by atoms with van der Waals surface area (Å²) in [5.41, 5.74) is 0.117. The first-order valence-corrected chi connectivity index (χ1v) is 8.50. The Morgan fingerprint density at radius 1 is 1.27 bits per heavy atom. The van der Waals surface area contributed by atoms with Crippen molar-refractivity contribution < 1.29 is 14.6 Å². The first-order valence-electron chi connectivity index (χ1n) is 8.50. The molecule has 1 aliphatic heterocycles. The molecule has 1 aliphatic rings. The fourth-order valence-electron chi connectivity index (χ4n) is 2.95. The van der Waals surface area contributed by atoms with E-state index in [1.54, 1.807) is 0 Å². The van der Waals surface area contributed by atoms with Crippen molar-refractivity contribution in [3.05, 3.63) is 81.0 Å². The molecule has 7 nitrogen and oxygen atoms in total. The zero-order valence-corrected chi connectivity index (χ0v) is 14.6. The molecule has 1 N–H and O–H groups in total. The molecule has 2 heterocycles. The molecule has 26 heavy (non-hydrogen) atoms. The quantitative estimate of drug-likeness (QED) is 0.799. The van der Waals surface area contributed by atoms with Gasteiger partial charge in [0.1, 0.15) is 24.9 Å². The highest BCUT2D eigenvalue weighted by Crippen LogP contribution is 2.29. The van der Waals surface area contributed by atoms with E-state index in [1.165, 1.54) is 16.8 Å². The largest absolute Gasteiger partial charge is 0.512 e. The highest BCUT2D eigenvalue weighted by atomic mass is 16.5. The van der Waals surface area contributed by atoms with E-state index >= 15 is 0 Å². The molecule has 138 valence electrons. The smallest absolute Gasteiger partial charge is 0.333 e. The lowest BCUT2D eigenvalue weighted by molar-refractivity contribution is 0.0563. The Morgan fingerprint density at radius 3 is 2.73 bits per heavy atom. The molecule has 7 heteroatoms. The summed E-state index contributed by atoms with van der Waals surface area (Å²) in [7, 11) is 0. The lowest BCUT2D eigenvalue weighted by Crippen LogP contribution is -2.41. The van der Waals surface area contributed by atoms with Crippen molar-refractivity contribution in [2.75, 3.05) is 0 Å². The van der Waals surface area contributed by atoms with Gasteiger partial charge in [0, 0.05) is 24.6 Å². The number of ether oxygens (including phenoxy) is 2. The minimum absolute atomic E-state index is 0.115. The summed E-state index contributed by atoms with van der Waals surface area (Å²) < 4.78 is 13.6. The monoisotopic (exact) mass is 358 g/mol. The number of aromatic nitrogens is 2. The average Bonchev–Trinajstić information content (AvgIpc) is 3.01. The summed E-state index contributed by atoms with van der Waals surface area (Å²) in [6, 6.07) is 10.9. The van der Waals surface area contributed by atoms with Crippen LogP contribution in [0.3, 0.4) is 0 Å². The van der Waals surface area contributed by atoms with Crippen LogP contribution in [0.1, 0.15) is 18.9 Å². The molecule has 1 aromatic carbocycles. The number of hydrogen-bond acceptors (Lipinski definition) is 5. The van der Waals surface area contributed by atoms with Crippen LogP contribution < -0.4 is 11.2 Å². The predicted octanol–water partition coefficient (Wildman–Crippen LogP) is 2.01. The minimum atomic E-state index is -0.442. The van der Waals surface area contributed by atoms with Gasteiger partial charge in [0.15, 0.2) is 0 Å². The highest BCUT2D eigenvalue weighted by Gasteiger charge is 2.29. The third-order valence-corrected chi connectivity index (χ3v) is 4.45. The van der Waals surface area contributed by atoms with Gasteiger partial charge in [-0.1, -0.05) is 37.3 Å². The Labute approximate surface area is 150 Å². The molecule has 3 rings (SSSR count). The van der Waals surface area contributed by atoms with Crippen molar-refractivity contribution in [2.45, 2.75) is 39.3 Å². The van der Waals surface area contributed by atoms with Crippen LogP contribution in [0, 0.1) is 5.92 Å². The van der Waals surface area contributed by atoms with Crippen molar-refractivity contribution in [3.63, 3.8) is 0 Å². The molecule has 1 aromatic heterocycles. The zero-order chi connectivity index (χ0) is 18.5. The third kappa shape index (κ3) is 4.05. The molecule has 0 radical (unpaired) electrons. The van der Waals surface area contributed by atoms with Gasteiger partial charge in [-0.15, -0.1) is 0 Å². The van der Waals surface area contributed by atoms with Crippen LogP contribution >= 0.6 is 0 Å². The number of aliphatic hydroxyl groups excluding tert-OH is 1. The van der Waals surface area contributed by atoms with Crippen molar-refractivity contribution in [1.29, 1.82) is 0 Å². The highest BCUT2D eigenvalue weighted by molar-refractivity contribution is 5.13. The summed E-state index contributed by atoms with van der Waals surface area (Å²) >= 11 is 0. The number of allylic oxidation sites excluding steroid dienone is 1. The van der Waals surface area contributed by atoms with Crippen LogP contribution in [0.5, 0.6) is 0 Å². The SMILES string of the molecule is C[C@H]1C/C(=C\O)O[C@H]1Cn1ccc(=O)n(COCc2ccccc2)c1=O. The first-order chi connectivity index (χ1) is 12.6. The van der Waals surface area contributed by atoms with Crippen molar-refractivity contribution >= 4 is 0 Å². The zero-order valence-electron chi connectivity index (χ0n) is 14.6. The molecule has 2 atom stereocenters. The van der Waals surface area contributed by atoms with Crippen LogP contribution in [0.15, 0.2) is 64.2 Å². The van der Waals surface area contributed by atoms with Crippen molar-refractivity contribution in [2.24, 2.45) is 5.92 Å². The van der Waals surface area contributed by atoms with Crippen LogP contribution in [0.4, 0.5) is 0 Å². The molecular formula is C19H22N2O5. The topological polar surface area (TPSA) is 82.7 Å². The van der Waals surface area contributed by atoms with Gasteiger partial charge in [-0.3, -0.25) is 9.36 Å². The van der Waals surface area contributed by atoms with E-state index in [4.69, 9.17) is 14.6 Å². The Bertz CT molecular complexity index is 885. The Balaban J connectivity index is 1.70. The summed E-state index contributed by atoms with van der Waals surface area (Å²) in [6.45, 7) is 2.49. The lowest BCUT2D eigenvalue weighted by Gasteiger charge is -2.17. The van der Waals surface area contributed by atoms with Gasteiger partial charge in [0.05, 0.1) is 13.2 Å². The van der Waals surface area contributed by atoms with Crippen LogP contribution in [-0.2, 0) is 29.4 Å². The Kier molecular flexibility index (Phi) is 5.58. The second-order valence-corrected chi connectivity index (χ2v) is 6.41. The maximum atomic E-state index is 12.6. The Hall–Kier alpha value is -2.80. The lowest BCUT2D eigenvalue weighted by atomic mass is 10.0. The first kappa shape index (κ1) is 18.0. The maximum Gasteiger partial charge on any atom is 0.333 e. The van der Waals surface area contributed by atoms with Gasteiger partial charge in [-0.2, -0.15) is 0 Å². The van der Waals surface area contributed by atoms with Gasteiger partial charge < -0.3 is 14.6 Å². The standard InChI is InChI=1S/C19H22N2O5/c1-14-9-16(11-22)26-17(14)10-20-8-7-18(23)21(19(20)24)13-25-12-15-5-3-2-4-6-15/h2-8,11,14,17,22H,9-10,12-13H2,1H3/b16-11+/t14-,17-/m0/s1. The molecule has 0 unspecified atom stereocenters. The number of aliphatic hydroxyl groups is 1. The molecule has 1 fully saturated rings.